The monoisotopic (exact) mass is 390 g/mol. The Hall–Kier alpha value is -1.79. The van der Waals surface area contributed by atoms with E-state index < -0.39 is 0 Å². The number of amides is 1. The molecule has 5 aliphatic rings. The molecule has 154 valence electrons. The molecule has 3 N–H and O–H groups in total. The van der Waals surface area contributed by atoms with E-state index in [0.29, 0.717) is 35.7 Å². The number of rotatable bonds is 4. The van der Waals surface area contributed by atoms with Crippen LogP contribution in [-0.2, 0) is 10.2 Å². The summed E-state index contributed by atoms with van der Waals surface area (Å²) < 4.78 is 0. The largest absolute Gasteiger partial charge is 0.353 e. The molecule has 1 aromatic carbocycles. The molecule has 1 amide bonds. The van der Waals surface area contributed by atoms with Gasteiger partial charge in [0, 0.05) is 18.5 Å². The van der Waals surface area contributed by atoms with Crippen LogP contribution >= 0.6 is 0 Å². The van der Waals surface area contributed by atoms with Gasteiger partial charge >= 0.3 is 0 Å². The quantitative estimate of drug-likeness (QED) is 0.759. The van der Waals surface area contributed by atoms with Crippen molar-refractivity contribution in [1.29, 1.82) is 0 Å². The molecule has 5 saturated carbocycles. The van der Waals surface area contributed by atoms with Gasteiger partial charge in [-0.3, -0.25) is 4.79 Å². The minimum Gasteiger partial charge on any atom is -0.353 e. The molecule has 0 spiro atoms. The first-order valence-electron chi connectivity index (χ1n) is 11.6. The van der Waals surface area contributed by atoms with E-state index >= 15 is 0 Å². The van der Waals surface area contributed by atoms with Crippen LogP contribution in [0.2, 0.25) is 0 Å². The van der Waals surface area contributed by atoms with Crippen molar-refractivity contribution in [1.82, 2.24) is 5.32 Å². The number of carbonyl (C=O) groups is 1. The highest BCUT2D eigenvalue weighted by Gasteiger charge is 2.63. The van der Waals surface area contributed by atoms with Gasteiger partial charge in [0.15, 0.2) is 0 Å². The standard InChI is InChI=1S/C26H34N2O/c1-2-6-23-18-13-25(20-7-4-3-5-8-20)14-19(23)16-26(15-18,17-25)24(29)28-22-11-9-21(27)10-12-22/h1,3-5,7-8,18-19,21-23H,6,9-17,27H2,(H,28,29). The zero-order chi connectivity index (χ0) is 20.1. The second kappa shape index (κ2) is 7.17. The number of hydrogen-bond acceptors (Lipinski definition) is 2. The molecule has 2 unspecified atom stereocenters. The maximum absolute atomic E-state index is 13.7. The van der Waals surface area contributed by atoms with E-state index in [9.17, 15) is 4.79 Å². The summed E-state index contributed by atoms with van der Waals surface area (Å²) in [5.41, 5.74) is 7.47. The highest BCUT2D eigenvalue weighted by molar-refractivity contribution is 5.84. The number of carbonyl (C=O) groups excluding carboxylic acids is 1. The molecule has 5 aliphatic carbocycles. The lowest BCUT2D eigenvalue weighted by atomic mass is 9.39. The summed E-state index contributed by atoms with van der Waals surface area (Å²) >= 11 is 0. The molecular weight excluding hydrogens is 356 g/mol. The highest BCUT2D eigenvalue weighted by Crippen LogP contribution is 2.68. The zero-order valence-corrected chi connectivity index (χ0v) is 17.4. The third kappa shape index (κ3) is 3.21. The lowest BCUT2D eigenvalue weighted by molar-refractivity contribution is -0.158. The van der Waals surface area contributed by atoms with Gasteiger partial charge in [-0.05, 0) is 86.5 Å². The number of benzene rings is 1. The zero-order valence-electron chi connectivity index (χ0n) is 17.4. The fraction of sp³-hybridized carbons (Fsp3) is 0.654. The molecule has 29 heavy (non-hydrogen) atoms. The Morgan fingerprint density at radius 1 is 1.07 bits per heavy atom. The van der Waals surface area contributed by atoms with E-state index in [1.165, 1.54) is 18.4 Å². The van der Waals surface area contributed by atoms with Crippen molar-refractivity contribution >= 4 is 5.91 Å². The van der Waals surface area contributed by atoms with Crippen LogP contribution in [-0.4, -0.2) is 18.0 Å². The van der Waals surface area contributed by atoms with Gasteiger partial charge in [-0.15, -0.1) is 12.3 Å². The molecule has 3 nitrogen and oxygen atoms in total. The Balaban J connectivity index is 1.43. The molecule has 3 heteroatoms. The first-order valence-corrected chi connectivity index (χ1v) is 11.6. The number of hydrogen-bond donors (Lipinski definition) is 2. The van der Waals surface area contributed by atoms with Crippen LogP contribution in [0.3, 0.4) is 0 Å². The van der Waals surface area contributed by atoms with Crippen molar-refractivity contribution in [2.24, 2.45) is 28.9 Å². The van der Waals surface area contributed by atoms with Crippen LogP contribution < -0.4 is 11.1 Å². The van der Waals surface area contributed by atoms with Crippen LogP contribution in [0.15, 0.2) is 30.3 Å². The Labute approximate surface area is 175 Å². The van der Waals surface area contributed by atoms with Gasteiger partial charge in [0.05, 0.1) is 5.41 Å². The van der Waals surface area contributed by atoms with Gasteiger partial charge < -0.3 is 11.1 Å². The maximum Gasteiger partial charge on any atom is 0.226 e. The average Bonchev–Trinajstić information content (AvgIpc) is 2.72. The van der Waals surface area contributed by atoms with Crippen molar-refractivity contribution < 1.29 is 4.79 Å². The van der Waals surface area contributed by atoms with Crippen LogP contribution in [0, 0.1) is 35.5 Å². The summed E-state index contributed by atoms with van der Waals surface area (Å²) in [7, 11) is 0. The maximum atomic E-state index is 13.7. The predicted octanol–water partition coefficient (Wildman–Crippen LogP) is 4.16. The van der Waals surface area contributed by atoms with Crippen LogP contribution in [0.4, 0.5) is 0 Å². The molecule has 2 atom stereocenters. The third-order valence-electron chi connectivity index (χ3n) is 8.83. The second-order valence-electron chi connectivity index (χ2n) is 10.6. The lowest BCUT2D eigenvalue weighted by Gasteiger charge is -2.64. The molecule has 0 radical (unpaired) electrons. The fourth-order valence-electron chi connectivity index (χ4n) is 7.71. The SMILES string of the molecule is C#CCC1C2CC3(C(=O)NC4CCC(N)CC4)CC1CC(c1ccccc1)(C2)C3. The van der Waals surface area contributed by atoms with Gasteiger partial charge in [0.2, 0.25) is 5.91 Å². The minimum absolute atomic E-state index is 0.157. The smallest absolute Gasteiger partial charge is 0.226 e. The Kier molecular flexibility index (Phi) is 4.74. The van der Waals surface area contributed by atoms with Crippen LogP contribution in [0.25, 0.3) is 0 Å². The van der Waals surface area contributed by atoms with E-state index in [1.54, 1.807) is 0 Å². The summed E-state index contributed by atoms with van der Waals surface area (Å²) in [6, 6.07) is 11.6. The lowest BCUT2D eigenvalue weighted by Crippen LogP contribution is -2.62. The molecule has 4 bridgehead atoms. The number of nitrogens with two attached hydrogens (primary N) is 1. The summed E-state index contributed by atoms with van der Waals surface area (Å²) in [6.45, 7) is 0. The summed E-state index contributed by atoms with van der Waals surface area (Å²) in [6.07, 6.45) is 16.2. The van der Waals surface area contributed by atoms with E-state index in [-0.39, 0.29) is 10.8 Å². The van der Waals surface area contributed by atoms with E-state index in [2.05, 4.69) is 41.6 Å². The Morgan fingerprint density at radius 2 is 1.72 bits per heavy atom. The van der Waals surface area contributed by atoms with Gasteiger partial charge in [0.25, 0.3) is 0 Å². The Morgan fingerprint density at radius 3 is 2.34 bits per heavy atom. The van der Waals surface area contributed by atoms with Crippen molar-refractivity contribution in [3.05, 3.63) is 35.9 Å². The summed E-state index contributed by atoms with van der Waals surface area (Å²) in [5.74, 6) is 5.04. The van der Waals surface area contributed by atoms with Crippen molar-refractivity contribution in [3.63, 3.8) is 0 Å². The van der Waals surface area contributed by atoms with E-state index in [4.69, 9.17) is 12.2 Å². The molecule has 0 aromatic heterocycles. The molecule has 0 aliphatic heterocycles. The number of nitrogens with one attached hydrogen (secondary N) is 1. The van der Waals surface area contributed by atoms with Crippen LogP contribution in [0.5, 0.6) is 0 Å². The minimum atomic E-state index is -0.202. The van der Waals surface area contributed by atoms with Gasteiger partial charge in [0.1, 0.15) is 0 Å². The third-order valence-corrected chi connectivity index (χ3v) is 8.83. The van der Waals surface area contributed by atoms with Crippen molar-refractivity contribution in [2.75, 3.05) is 0 Å². The molecule has 6 rings (SSSR count). The number of terminal acetylenes is 1. The highest BCUT2D eigenvalue weighted by atomic mass is 16.2. The molecule has 0 heterocycles. The molecular formula is C26H34N2O. The van der Waals surface area contributed by atoms with Crippen molar-refractivity contribution in [3.8, 4) is 12.3 Å². The Bertz CT molecular complexity index is 786. The fourth-order valence-corrected chi connectivity index (χ4v) is 7.71. The van der Waals surface area contributed by atoms with Crippen molar-refractivity contribution in [2.45, 2.75) is 81.7 Å². The van der Waals surface area contributed by atoms with E-state index in [1.807, 2.05) is 0 Å². The molecule has 5 fully saturated rings. The topological polar surface area (TPSA) is 55.1 Å². The first-order chi connectivity index (χ1) is 14.0. The van der Waals surface area contributed by atoms with Gasteiger partial charge in [-0.25, -0.2) is 0 Å². The average molecular weight is 391 g/mol. The van der Waals surface area contributed by atoms with Gasteiger partial charge in [-0.1, -0.05) is 30.3 Å². The normalized spacial score (nSPS) is 43.0. The summed E-state index contributed by atoms with van der Waals surface area (Å²) in [4.78, 5) is 13.7. The molecule has 0 saturated heterocycles. The summed E-state index contributed by atoms with van der Waals surface area (Å²) in [5, 5.41) is 3.48. The van der Waals surface area contributed by atoms with Crippen LogP contribution in [0.1, 0.15) is 69.8 Å². The molecule has 1 aromatic rings. The van der Waals surface area contributed by atoms with Gasteiger partial charge in [-0.2, -0.15) is 0 Å². The first kappa shape index (κ1) is 19.2. The predicted molar refractivity (Wildman–Crippen MR) is 116 cm³/mol. The second-order valence-corrected chi connectivity index (χ2v) is 10.6. The van der Waals surface area contributed by atoms with E-state index in [0.717, 1.165) is 51.4 Å².